The van der Waals surface area contributed by atoms with Gasteiger partial charge >= 0.3 is 0 Å². The second kappa shape index (κ2) is 5.78. The molecule has 0 fully saturated rings. The Morgan fingerprint density at radius 1 is 1.18 bits per heavy atom. The van der Waals surface area contributed by atoms with Gasteiger partial charge in [-0.05, 0) is 42.3 Å². The molecule has 0 saturated carbocycles. The molecular weight excluding hydrogens is 279 g/mol. The highest BCUT2D eigenvalue weighted by Gasteiger charge is 2.14. The van der Waals surface area contributed by atoms with Crippen LogP contribution in [0.4, 0.5) is 4.39 Å². The van der Waals surface area contributed by atoms with Gasteiger partial charge in [0.15, 0.2) is 5.69 Å². The molecule has 0 unspecified atom stereocenters. The first-order valence-electron chi connectivity index (χ1n) is 6.83. The summed E-state index contributed by atoms with van der Waals surface area (Å²) in [5.74, 6) is -0.283. The Hall–Kier alpha value is -3.00. The molecule has 0 spiro atoms. The Morgan fingerprint density at radius 2 is 1.95 bits per heavy atom. The maximum absolute atomic E-state index is 13.0. The molecule has 0 saturated heterocycles. The predicted octanol–water partition coefficient (Wildman–Crippen LogP) is 3.18. The molecule has 1 heterocycles. The van der Waals surface area contributed by atoms with Crippen LogP contribution in [0.5, 0.6) is 0 Å². The van der Waals surface area contributed by atoms with Crippen molar-refractivity contribution in [3.63, 3.8) is 0 Å². The largest absolute Gasteiger partial charge is 0.216 e. The Bertz CT molecular complexity index is 844. The minimum absolute atomic E-state index is 0.283. The molecule has 0 aliphatic heterocycles. The minimum Gasteiger partial charge on any atom is -0.216 e. The number of hydrogen-bond acceptors (Lipinski definition) is 3. The van der Waals surface area contributed by atoms with Crippen LogP contribution in [0.1, 0.15) is 22.5 Å². The summed E-state index contributed by atoms with van der Waals surface area (Å²) >= 11 is 0. The zero-order chi connectivity index (χ0) is 15.5. The lowest BCUT2D eigenvalue weighted by Gasteiger charge is -2.07. The standard InChI is InChI=1S/C17H13FN4/c1-12-3-2-4-15(9-12)22-17(16(11-19)20-21-22)10-13-5-7-14(18)8-6-13/h2-9H,10H2,1H3. The number of halogens is 1. The summed E-state index contributed by atoms with van der Waals surface area (Å²) in [6, 6.07) is 16.1. The van der Waals surface area contributed by atoms with Crippen LogP contribution in [0, 0.1) is 24.1 Å². The lowest BCUT2D eigenvalue weighted by Crippen LogP contribution is -2.04. The molecule has 0 bridgehead atoms. The van der Waals surface area contributed by atoms with Gasteiger partial charge in [-0.25, -0.2) is 9.07 Å². The molecule has 0 radical (unpaired) electrons. The van der Waals surface area contributed by atoms with E-state index in [0.717, 1.165) is 16.8 Å². The number of aromatic nitrogens is 3. The predicted molar refractivity (Wildman–Crippen MR) is 80.0 cm³/mol. The van der Waals surface area contributed by atoms with Crippen LogP contribution < -0.4 is 0 Å². The quantitative estimate of drug-likeness (QED) is 0.745. The summed E-state index contributed by atoms with van der Waals surface area (Å²) in [6.07, 6.45) is 0.462. The van der Waals surface area contributed by atoms with Crippen molar-refractivity contribution in [2.75, 3.05) is 0 Å². The summed E-state index contributed by atoms with van der Waals surface area (Å²) in [5, 5.41) is 17.2. The Labute approximate surface area is 127 Å². The van der Waals surface area contributed by atoms with Gasteiger partial charge in [-0.15, -0.1) is 5.10 Å². The fraction of sp³-hybridized carbons (Fsp3) is 0.118. The number of aryl methyl sites for hydroxylation is 1. The molecule has 1 aromatic heterocycles. The van der Waals surface area contributed by atoms with Gasteiger partial charge in [-0.1, -0.05) is 29.5 Å². The zero-order valence-electron chi connectivity index (χ0n) is 12.0. The van der Waals surface area contributed by atoms with Crippen LogP contribution in [0.3, 0.4) is 0 Å². The molecule has 5 heteroatoms. The Kier molecular flexibility index (Phi) is 3.67. The summed E-state index contributed by atoms with van der Waals surface area (Å²) in [7, 11) is 0. The second-order valence-electron chi connectivity index (χ2n) is 5.05. The third kappa shape index (κ3) is 2.72. The number of nitrogens with zero attached hydrogens (tertiary/aromatic N) is 4. The molecule has 0 aliphatic rings. The normalized spacial score (nSPS) is 10.4. The summed E-state index contributed by atoms with van der Waals surface area (Å²) in [5.41, 5.74) is 3.82. The number of nitriles is 1. The molecule has 3 rings (SSSR count). The molecule has 3 aromatic rings. The van der Waals surface area contributed by atoms with Crippen LogP contribution in [-0.4, -0.2) is 15.0 Å². The molecule has 0 aliphatic carbocycles. The second-order valence-corrected chi connectivity index (χ2v) is 5.05. The number of rotatable bonds is 3. The van der Waals surface area contributed by atoms with E-state index in [9.17, 15) is 9.65 Å². The monoisotopic (exact) mass is 292 g/mol. The van der Waals surface area contributed by atoms with Gasteiger partial charge in [0.2, 0.25) is 0 Å². The smallest absolute Gasteiger partial charge is 0.186 e. The van der Waals surface area contributed by atoms with Crippen molar-refractivity contribution in [3.8, 4) is 11.8 Å². The Balaban J connectivity index is 2.04. The van der Waals surface area contributed by atoms with Crippen molar-refractivity contribution in [2.24, 2.45) is 0 Å². The van der Waals surface area contributed by atoms with E-state index in [-0.39, 0.29) is 11.5 Å². The van der Waals surface area contributed by atoms with E-state index in [1.807, 2.05) is 31.2 Å². The minimum atomic E-state index is -0.283. The van der Waals surface area contributed by atoms with Gasteiger partial charge in [0, 0.05) is 6.42 Å². The fourth-order valence-electron chi connectivity index (χ4n) is 2.31. The van der Waals surface area contributed by atoms with Gasteiger partial charge < -0.3 is 0 Å². The fourth-order valence-corrected chi connectivity index (χ4v) is 2.31. The highest BCUT2D eigenvalue weighted by atomic mass is 19.1. The van der Waals surface area contributed by atoms with Crippen molar-refractivity contribution in [3.05, 3.63) is 76.9 Å². The van der Waals surface area contributed by atoms with E-state index < -0.39 is 0 Å². The van der Waals surface area contributed by atoms with Gasteiger partial charge in [0.1, 0.15) is 11.9 Å². The molecule has 2 aromatic carbocycles. The molecule has 22 heavy (non-hydrogen) atoms. The Morgan fingerprint density at radius 3 is 2.64 bits per heavy atom. The van der Waals surface area contributed by atoms with Crippen LogP contribution in [0.15, 0.2) is 48.5 Å². The average molecular weight is 292 g/mol. The van der Waals surface area contributed by atoms with Crippen LogP contribution in [0.25, 0.3) is 5.69 Å². The maximum Gasteiger partial charge on any atom is 0.186 e. The maximum atomic E-state index is 13.0. The number of hydrogen-bond donors (Lipinski definition) is 0. The summed E-state index contributed by atoms with van der Waals surface area (Å²) in [4.78, 5) is 0. The van der Waals surface area contributed by atoms with Crippen LogP contribution >= 0.6 is 0 Å². The molecular formula is C17H13FN4. The summed E-state index contributed by atoms with van der Waals surface area (Å²) < 4.78 is 14.7. The van der Waals surface area contributed by atoms with Crippen LogP contribution in [-0.2, 0) is 6.42 Å². The number of benzene rings is 2. The van der Waals surface area contributed by atoms with E-state index >= 15 is 0 Å². The van der Waals surface area contributed by atoms with Crippen molar-refractivity contribution in [1.82, 2.24) is 15.0 Å². The molecule has 0 amide bonds. The van der Waals surface area contributed by atoms with Crippen molar-refractivity contribution in [1.29, 1.82) is 5.26 Å². The highest BCUT2D eigenvalue weighted by Crippen LogP contribution is 2.18. The third-order valence-electron chi connectivity index (χ3n) is 3.40. The zero-order valence-corrected chi connectivity index (χ0v) is 12.0. The summed E-state index contributed by atoms with van der Waals surface area (Å²) in [6.45, 7) is 1.99. The topological polar surface area (TPSA) is 54.5 Å². The first-order chi connectivity index (χ1) is 10.7. The molecule has 108 valence electrons. The molecule has 4 nitrogen and oxygen atoms in total. The van der Waals surface area contributed by atoms with E-state index in [4.69, 9.17) is 0 Å². The first-order valence-corrected chi connectivity index (χ1v) is 6.83. The van der Waals surface area contributed by atoms with Crippen LogP contribution in [0.2, 0.25) is 0 Å². The van der Waals surface area contributed by atoms with Gasteiger partial charge in [-0.2, -0.15) is 5.26 Å². The first kappa shape index (κ1) is 14.0. The van der Waals surface area contributed by atoms with Crippen molar-refractivity contribution < 1.29 is 4.39 Å². The van der Waals surface area contributed by atoms with Gasteiger partial charge in [0.25, 0.3) is 0 Å². The lowest BCUT2D eigenvalue weighted by atomic mass is 10.1. The molecule has 0 N–H and O–H groups in total. The van der Waals surface area contributed by atoms with E-state index in [2.05, 4.69) is 16.4 Å². The average Bonchev–Trinajstić information content (AvgIpc) is 2.92. The van der Waals surface area contributed by atoms with E-state index in [1.165, 1.54) is 12.1 Å². The van der Waals surface area contributed by atoms with E-state index in [0.29, 0.717) is 12.1 Å². The van der Waals surface area contributed by atoms with Gasteiger partial charge in [-0.3, -0.25) is 0 Å². The highest BCUT2D eigenvalue weighted by molar-refractivity contribution is 5.40. The van der Waals surface area contributed by atoms with E-state index in [1.54, 1.807) is 16.8 Å². The SMILES string of the molecule is Cc1cccc(-n2nnc(C#N)c2Cc2ccc(F)cc2)c1. The molecule has 0 atom stereocenters. The van der Waals surface area contributed by atoms with Crippen molar-refractivity contribution in [2.45, 2.75) is 13.3 Å². The lowest BCUT2D eigenvalue weighted by molar-refractivity contribution is 0.627. The van der Waals surface area contributed by atoms with Gasteiger partial charge in [0.05, 0.1) is 11.4 Å². The third-order valence-corrected chi connectivity index (χ3v) is 3.40. The van der Waals surface area contributed by atoms with Crippen molar-refractivity contribution >= 4 is 0 Å².